The van der Waals surface area contributed by atoms with Crippen molar-refractivity contribution in [3.63, 3.8) is 0 Å². The minimum Gasteiger partial charge on any atom is -2.00 e. The maximum atomic E-state index is 12.2. The van der Waals surface area contributed by atoms with E-state index >= 15 is 0 Å². The fourth-order valence-electron chi connectivity index (χ4n) is 0.525. The Morgan fingerprint density at radius 1 is 0.762 bits per heavy atom. The molecule has 0 saturated carbocycles. The van der Waals surface area contributed by atoms with Crippen LogP contribution in [0.25, 0.3) is 0 Å². The number of hydrogen-bond donors (Lipinski definition) is 2. The molecule has 0 radical (unpaired) electrons. The smallest absolute Gasteiger partial charge is 1.00 e. The normalized spacial score (nSPS) is 4.10. The number of benzene rings is 1. The van der Waals surface area contributed by atoms with Gasteiger partial charge in [-0.05, 0) is 18.2 Å². The first kappa shape index (κ1) is 95.4. The summed E-state index contributed by atoms with van der Waals surface area (Å²) in [5.74, 6) is -0.328. The predicted octanol–water partition coefficient (Wildman–Crippen LogP) is -11.7. The molecule has 1 rings (SSSR count). The van der Waals surface area contributed by atoms with Gasteiger partial charge >= 0.3 is 59.1 Å². The molecule has 0 saturated heterocycles. The molecule has 0 unspecified atom stereocenters. The van der Waals surface area contributed by atoms with Crippen molar-refractivity contribution in [3.8, 4) is 0 Å². The van der Waals surface area contributed by atoms with Gasteiger partial charge in [-0.25, -0.2) is 4.39 Å². The zero-order valence-corrected chi connectivity index (χ0v) is 17.3. The second-order valence-corrected chi connectivity index (χ2v) is 2.18. The molecule has 128 valence electrons. The largest absolute Gasteiger partial charge is 2.00 e. The first-order valence-electron chi connectivity index (χ1n) is 2.44. The van der Waals surface area contributed by atoms with Crippen molar-refractivity contribution in [1.29, 1.82) is 0 Å². The van der Waals surface area contributed by atoms with Gasteiger partial charge < -0.3 is 68.5 Å². The summed E-state index contributed by atoms with van der Waals surface area (Å²) in [7, 11) is 0. The van der Waals surface area contributed by atoms with E-state index in [4.69, 9.17) is 5.73 Å². The van der Waals surface area contributed by atoms with Gasteiger partial charge in [0.05, 0.1) is 0 Å². The second kappa shape index (κ2) is 49.6. The molecule has 1 aromatic rings. The number of rotatable bonds is 0. The van der Waals surface area contributed by atoms with Gasteiger partial charge in [0.2, 0.25) is 0 Å². The molecule has 21 heavy (non-hydrogen) atoms. The van der Waals surface area contributed by atoms with Crippen molar-refractivity contribution in [2.24, 2.45) is 0 Å². The van der Waals surface area contributed by atoms with Crippen LogP contribution in [0.2, 0.25) is 0 Å². The molecule has 0 aromatic heterocycles. The molecule has 0 amide bonds. The minimum absolute atomic E-state index is 0. The SMILES string of the molecule is Nc1cc(F)ccc1S.O.O.O.O.O.O.O.O.O.[Na+].[Na+].[S-2]. The van der Waals surface area contributed by atoms with Crippen LogP contribution in [0, 0.1) is 5.82 Å². The Morgan fingerprint density at radius 2 is 1.05 bits per heavy atom. The molecule has 20 N–H and O–H groups in total. The summed E-state index contributed by atoms with van der Waals surface area (Å²) in [5, 5.41) is 0. The van der Waals surface area contributed by atoms with Crippen molar-refractivity contribution in [2.45, 2.75) is 4.90 Å². The molecule has 0 heterocycles. The van der Waals surface area contributed by atoms with Crippen LogP contribution in [0.5, 0.6) is 0 Å². The molecule has 0 spiro atoms. The van der Waals surface area contributed by atoms with Crippen molar-refractivity contribution in [1.82, 2.24) is 0 Å². The Hall–Kier alpha value is 1.29. The van der Waals surface area contributed by atoms with Crippen molar-refractivity contribution < 1.29 is 113 Å². The Morgan fingerprint density at radius 3 is 1.24 bits per heavy atom. The van der Waals surface area contributed by atoms with E-state index in [0.717, 1.165) is 0 Å². The standard InChI is InChI=1S/C6H6FNS.2Na.9H2O.S/c7-4-1-2-6(9)5(8)3-4;;;;;;;;;;;;/h1-3,9H,8H2;;;9*1H2;/q;2*+1;;;;;;;;;;-2. The van der Waals surface area contributed by atoms with Crippen molar-refractivity contribution >= 4 is 31.8 Å². The number of thiol groups is 1. The Kier molecular flexibility index (Phi) is 225. The average Bonchev–Trinajstić information content (AvgIpc) is 1.80. The summed E-state index contributed by atoms with van der Waals surface area (Å²) in [6.07, 6.45) is 0. The van der Waals surface area contributed by atoms with E-state index in [0.29, 0.717) is 10.6 Å². The molecule has 0 bridgehead atoms. The molecule has 0 fully saturated rings. The fourth-order valence-corrected chi connectivity index (χ4v) is 0.664. The van der Waals surface area contributed by atoms with Crippen LogP contribution >= 0.6 is 12.6 Å². The van der Waals surface area contributed by atoms with Crippen LogP contribution in [-0.4, -0.2) is 49.3 Å². The summed E-state index contributed by atoms with van der Waals surface area (Å²) in [5.41, 5.74) is 5.68. The van der Waals surface area contributed by atoms with E-state index in [2.05, 4.69) is 12.6 Å². The van der Waals surface area contributed by atoms with Gasteiger partial charge in [0.15, 0.2) is 0 Å². The molecular formula is C6H24FNNa2O9S2. The quantitative estimate of drug-likeness (QED) is 0.246. The second-order valence-electron chi connectivity index (χ2n) is 1.70. The number of halogens is 1. The molecule has 0 aliphatic heterocycles. The van der Waals surface area contributed by atoms with Gasteiger partial charge in [-0.3, -0.25) is 0 Å². The van der Waals surface area contributed by atoms with E-state index in [1.165, 1.54) is 18.2 Å². The number of nitrogens with two attached hydrogens (primary N) is 1. The van der Waals surface area contributed by atoms with Gasteiger partial charge in [0, 0.05) is 10.6 Å². The van der Waals surface area contributed by atoms with Gasteiger partial charge in [0.1, 0.15) is 5.82 Å². The summed E-state index contributed by atoms with van der Waals surface area (Å²) in [6, 6.07) is 4.08. The number of anilines is 1. The van der Waals surface area contributed by atoms with Crippen LogP contribution in [0.15, 0.2) is 23.1 Å². The van der Waals surface area contributed by atoms with E-state index in [1.54, 1.807) is 0 Å². The van der Waals surface area contributed by atoms with Crippen LogP contribution in [0.3, 0.4) is 0 Å². The molecular weight excluding hydrogens is 359 g/mol. The van der Waals surface area contributed by atoms with Crippen LogP contribution < -0.4 is 64.8 Å². The maximum absolute atomic E-state index is 12.2. The summed E-state index contributed by atoms with van der Waals surface area (Å²) in [6.45, 7) is 0. The fraction of sp³-hybridized carbons (Fsp3) is 0. The third kappa shape index (κ3) is 38.8. The third-order valence-corrected chi connectivity index (χ3v) is 1.40. The van der Waals surface area contributed by atoms with Gasteiger partial charge in [-0.15, -0.1) is 12.6 Å². The summed E-state index contributed by atoms with van der Waals surface area (Å²) < 4.78 is 12.2. The Balaban J connectivity index is -0.00000000675. The minimum atomic E-state index is -0.328. The van der Waals surface area contributed by atoms with E-state index < -0.39 is 0 Å². The Labute approximate surface area is 177 Å². The van der Waals surface area contributed by atoms with Crippen LogP contribution in [0.1, 0.15) is 0 Å². The van der Waals surface area contributed by atoms with Gasteiger partial charge in [-0.2, -0.15) is 0 Å². The third-order valence-electron chi connectivity index (χ3n) is 0.990. The van der Waals surface area contributed by atoms with E-state index in [1.807, 2.05) is 0 Å². The molecule has 0 aliphatic carbocycles. The summed E-state index contributed by atoms with van der Waals surface area (Å²) in [4.78, 5) is 0.608. The van der Waals surface area contributed by atoms with E-state index in [-0.39, 0.29) is 128 Å². The molecule has 10 nitrogen and oxygen atoms in total. The van der Waals surface area contributed by atoms with Crippen molar-refractivity contribution in [2.75, 3.05) is 5.73 Å². The van der Waals surface area contributed by atoms with Crippen LogP contribution in [0.4, 0.5) is 10.1 Å². The molecule has 0 aliphatic rings. The van der Waals surface area contributed by atoms with Crippen LogP contribution in [-0.2, 0) is 13.5 Å². The summed E-state index contributed by atoms with van der Waals surface area (Å²) >= 11 is 3.95. The van der Waals surface area contributed by atoms with Crippen molar-refractivity contribution in [3.05, 3.63) is 24.0 Å². The maximum Gasteiger partial charge on any atom is 1.00 e. The van der Waals surface area contributed by atoms with Gasteiger partial charge in [0.25, 0.3) is 0 Å². The zero-order chi connectivity index (χ0) is 6.85. The molecule has 15 heteroatoms. The topological polar surface area (TPSA) is 310 Å². The number of nitrogen functional groups attached to an aromatic ring is 1. The number of hydrogen-bond acceptors (Lipinski definition) is 2. The molecule has 1 aromatic carbocycles. The average molecular weight is 383 g/mol. The Bertz CT molecular complexity index is 255. The molecule has 0 atom stereocenters. The predicted molar refractivity (Wildman–Crippen MR) is 78.0 cm³/mol. The monoisotopic (exact) mass is 383 g/mol. The first-order chi connectivity index (χ1) is 4.20. The zero-order valence-electron chi connectivity index (χ0n) is 11.5. The van der Waals surface area contributed by atoms with E-state index in [9.17, 15) is 4.39 Å². The first-order valence-corrected chi connectivity index (χ1v) is 2.89. The van der Waals surface area contributed by atoms with Gasteiger partial charge in [-0.1, -0.05) is 0 Å².